The van der Waals surface area contributed by atoms with Gasteiger partial charge in [-0.25, -0.2) is 0 Å². The molecule has 1 N–H and O–H groups in total. The third-order valence-corrected chi connectivity index (χ3v) is 2.48. The molecule has 84 valence electrons. The maximum Gasteiger partial charge on any atom is 0.397 e. The van der Waals surface area contributed by atoms with Gasteiger partial charge in [-0.05, 0) is 17.7 Å². The van der Waals surface area contributed by atoms with E-state index in [0.717, 1.165) is 0 Å². The molecule has 6 heteroatoms. The van der Waals surface area contributed by atoms with Crippen LogP contribution in [-0.4, -0.2) is 17.9 Å². The van der Waals surface area contributed by atoms with Crippen molar-refractivity contribution in [3.05, 3.63) is 33.8 Å². The van der Waals surface area contributed by atoms with E-state index < -0.39 is 18.7 Å². The van der Waals surface area contributed by atoms with Gasteiger partial charge in [0.25, 0.3) is 0 Å². The Bertz CT molecular complexity index is 352. The maximum atomic E-state index is 12.4. The monoisotopic (exact) mass is 258 g/mol. The summed E-state index contributed by atoms with van der Waals surface area (Å²) < 4.78 is 37.3. The van der Waals surface area contributed by atoms with Gasteiger partial charge in [-0.3, -0.25) is 0 Å². The molecular formula is C9H7Cl2F3O. The quantitative estimate of drug-likeness (QED) is 0.859. The maximum absolute atomic E-state index is 12.4. The van der Waals surface area contributed by atoms with E-state index in [1.807, 2.05) is 0 Å². The Kier molecular flexibility index (Phi) is 3.87. The standard InChI is InChI=1S/C9H7Cl2F3O/c10-5-1-2-6(8(11)3-5)7(4-15)9(12,13)14/h1-3,7,15H,4H2. The fourth-order valence-electron chi connectivity index (χ4n) is 1.16. The van der Waals surface area contributed by atoms with E-state index in [0.29, 0.717) is 0 Å². The van der Waals surface area contributed by atoms with Gasteiger partial charge >= 0.3 is 6.18 Å². The summed E-state index contributed by atoms with van der Waals surface area (Å²) in [6.45, 7) is -1.04. The van der Waals surface area contributed by atoms with Crippen LogP contribution in [0.5, 0.6) is 0 Å². The van der Waals surface area contributed by atoms with E-state index in [1.54, 1.807) is 0 Å². The van der Waals surface area contributed by atoms with Gasteiger partial charge in [-0.2, -0.15) is 13.2 Å². The molecule has 0 fully saturated rings. The van der Waals surface area contributed by atoms with Crippen molar-refractivity contribution in [2.24, 2.45) is 0 Å². The lowest BCUT2D eigenvalue weighted by Crippen LogP contribution is -2.24. The minimum absolute atomic E-state index is 0.0983. The third kappa shape index (κ3) is 3.00. The van der Waals surface area contributed by atoms with Gasteiger partial charge in [-0.15, -0.1) is 0 Å². The van der Waals surface area contributed by atoms with Crippen molar-refractivity contribution >= 4 is 23.2 Å². The van der Waals surface area contributed by atoms with Crippen LogP contribution in [0.15, 0.2) is 18.2 Å². The molecule has 0 aliphatic rings. The molecule has 0 aliphatic carbocycles. The van der Waals surface area contributed by atoms with Gasteiger partial charge < -0.3 is 5.11 Å². The van der Waals surface area contributed by atoms with Crippen LogP contribution in [0.2, 0.25) is 10.0 Å². The normalized spacial score (nSPS) is 14.0. The Morgan fingerprint density at radius 1 is 1.27 bits per heavy atom. The molecular weight excluding hydrogens is 252 g/mol. The number of hydrogen-bond donors (Lipinski definition) is 1. The summed E-state index contributed by atoms with van der Waals surface area (Å²) in [5.41, 5.74) is -0.170. The average Bonchev–Trinajstić information content (AvgIpc) is 2.07. The van der Waals surface area contributed by atoms with Crippen LogP contribution < -0.4 is 0 Å². The zero-order valence-corrected chi connectivity index (χ0v) is 8.87. The van der Waals surface area contributed by atoms with Crippen molar-refractivity contribution in [2.45, 2.75) is 12.1 Å². The van der Waals surface area contributed by atoms with Crippen LogP contribution in [0.4, 0.5) is 13.2 Å². The van der Waals surface area contributed by atoms with Crippen LogP contribution >= 0.6 is 23.2 Å². The smallest absolute Gasteiger partial charge is 0.395 e. The molecule has 0 aromatic heterocycles. The number of aliphatic hydroxyl groups is 1. The minimum atomic E-state index is -4.52. The highest BCUT2D eigenvalue weighted by Crippen LogP contribution is 2.38. The molecule has 1 atom stereocenters. The summed E-state index contributed by atoms with van der Waals surface area (Å²) in [6, 6.07) is 3.68. The van der Waals surface area contributed by atoms with Crippen LogP contribution in [0.1, 0.15) is 11.5 Å². The van der Waals surface area contributed by atoms with E-state index in [4.69, 9.17) is 28.3 Å². The lowest BCUT2D eigenvalue weighted by molar-refractivity contribution is -0.158. The highest BCUT2D eigenvalue weighted by atomic mass is 35.5. The predicted molar refractivity (Wildman–Crippen MR) is 52.3 cm³/mol. The Morgan fingerprint density at radius 2 is 1.87 bits per heavy atom. The first-order valence-electron chi connectivity index (χ1n) is 3.98. The summed E-state index contributed by atoms with van der Waals surface area (Å²) in [7, 11) is 0. The number of rotatable bonds is 2. The molecule has 0 saturated carbocycles. The summed E-state index contributed by atoms with van der Waals surface area (Å²) in [5.74, 6) is -1.97. The molecule has 0 radical (unpaired) electrons. The summed E-state index contributed by atoms with van der Waals surface area (Å²) in [4.78, 5) is 0. The van der Waals surface area contributed by atoms with E-state index in [9.17, 15) is 13.2 Å². The fourth-order valence-corrected chi connectivity index (χ4v) is 1.70. The second-order valence-electron chi connectivity index (χ2n) is 2.94. The first kappa shape index (κ1) is 12.6. The molecule has 0 amide bonds. The first-order chi connectivity index (χ1) is 6.86. The molecule has 0 bridgehead atoms. The molecule has 0 heterocycles. The molecule has 1 nitrogen and oxygen atoms in total. The average molecular weight is 259 g/mol. The number of benzene rings is 1. The highest BCUT2D eigenvalue weighted by molar-refractivity contribution is 6.35. The molecule has 1 aromatic rings. The van der Waals surface area contributed by atoms with Gasteiger partial charge in [0.05, 0.1) is 6.61 Å². The van der Waals surface area contributed by atoms with Gasteiger partial charge in [0, 0.05) is 10.0 Å². The van der Waals surface area contributed by atoms with Crippen LogP contribution in [0.3, 0.4) is 0 Å². The Morgan fingerprint density at radius 3 is 2.27 bits per heavy atom. The third-order valence-electron chi connectivity index (χ3n) is 1.92. The van der Waals surface area contributed by atoms with Crippen molar-refractivity contribution < 1.29 is 18.3 Å². The predicted octanol–water partition coefficient (Wildman–Crippen LogP) is 3.63. The first-order valence-corrected chi connectivity index (χ1v) is 4.74. The van der Waals surface area contributed by atoms with Gasteiger partial charge in [0.2, 0.25) is 0 Å². The topological polar surface area (TPSA) is 20.2 Å². The summed E-state index contributed by atoms with van der Waals surface area (Å²) in [6.07, 6.45) is -4.52. The van der Waals surface area contributed by atoms with Crippen molar-refractivity contribution in [3.8, 4) is 0 Å². The van der Waals surface area contributed by atoms with Gasteiger partial charge in [0.15, 0.2) is 0 Å². The van der Waals surface area contributed by atoms with Crippen molar-refractivity contribution in [3.63, 3.8) is 0 Å². The van der Waals surface area contributed by atoms with E-state index >= 15 is 0 Å². The SMILES string of the molecule is OCC(c1ccc(Cl)cc1Cl)C(F)(F)F. The Labute approximate surface area is 94.4 Å². The molecule has 0 saturated heterocycles. The minimum Gasteiger partial charge on any atom is -0.395 e. The van der Waals surface area contributed by atoms with Crippen molar-refractivity contribution in [1.29, 1.82) is 0 Å². The molecule has 1 unspecified atom stereocenters. The lowest BCUT2D eigenvalue weighted by atomic mass is 9.99. The summed E-state index contributed by atoms with van der Waals surface area (Å²) >= 11 is 11.2. The van der Waals surface area contributed by atoms with E-state index in [2.05, 4.69) is 0 Å². The molecule has 1 rings (SSSR count). The van der Waals surface area contributed by atoms with Crippen LogP contribution in [0.25, 0.3) is 0 Å². The second kappa shape index (κ2) is 4.60. The van der Waals surface area contributed by atoms with Crippen molar-refractivity contribution in [1.82, 2.24) is 0 Å². The molecule has 15 heavy (non-hydrogen) atoms. The van der Waals surface area contributed by atoms with Crippen LogP contribution in [0, 0.1) is 0 Å². The van der Waals surface area contributed by atoms with Crippen LogP contribution in [-0.2, 0) is 0 Å². The number of alkyl halides is 3. The second-order valence-corrected chi connectivity index (χ2v) is 3.79. The Hall–Kier alpha value is -0.450. The molecule has 0 aliphatic heterocycles. The zero-order valence-electron chi connectivity index (χ0n) is 7.35. The largest absolute Gasteiger partial charge is 0.397 e. The summed E-state index contributed by atoms with van der Waals surface area (Å²) in [5, 5.41) is 8.85. The number of hydrogen-bond acceptors (Lipinski definition) is 1. The van der Waals surface area contributed by atoms with E-state index in [-0.39, 0.29) is 15.6 Å². The zero-order chi connectivity index (χ0) is 11.6. The number of aliphatic hydroxyl groups excluding tert-OH is 1. The number of halogens is 5. The highest BCUT2D eigenvalue weighted by Gasteiger charge is 2.41. The van der Waals surface area contributed by atoms with E-state index in [1.165, 1.54) is 18.2 Å². The fraction of sp³-hybridized carbons (Fsp3) is 0.333. The Balaban J connectivity index is 3.13. The van der Waals surface area contributed by atoms with Crippen molar-refractivity contribution in [2.75, 3.05) is 6.61 Å². The van der Waals surface area contributed by atoms with Gasteiger partial charge in [0.1, 0.15) is 5.92 Å². The molecule has 1 aromatic carbocycles. The molecule has 0 spiro atoms. The van der Waals surface area contributed by atoms with Gasteiger partial charge in [-0.1, -0.05) is 29.3 Å². The lowest BCUT2D eigenvalue weighted by Gasteiger charge is -2.19.